The molecular formula is C16H27N3. The van der Waals surface area contributed by atoms with Crippen LogP contribution in [0.1, 0.15) is 31.4 Å². The van der Waals surface area contributed by atoms with Gasteiger partial charge in [-0.15, -0.1) is 0 Å². The van der Waals surface area contributed by atoms with Crippen LogP contribution in [0.5, 0.6) is 0 Å². The van der Waals surface area contributed by atoms with E-state index in [0.717, 1.165) is 6.54 Å². The van der Waals surface area contributed by atoms with Gasteiger partial charge in [-0.2, -0.15) is 0 Å². The Hall–Kier alpha value is -1.06. The van der Waals surface area contributed by atoms with E-state index >= 15 is 0 Å². The number of benzene rings is 1. The van der Waals surface area contributed by atoms with E-state index in [9.17, 15) is 0 Å². The SMILES string of the molecule is CNC(C)c1ccccc1N1CCCC(N(C)C)C1. The molecule has 1 N–H and O–H groups in total. The van der Waals surface area contributed by atoms with E-state index in [-0.39, 0.29) is 0 Å². The molecule has 0 bridgehead atoms. The zero-order chi connectivity index (χ0) is 13.8. The van der Waals surface area contributed by atoms with E-state index in [2.05, 4.69) is 60.4 Å². The first-order valence-corrected chi connectivity index (χ1v) is 7.31. The zero-order valence-corrected chi connectivity index (χ0v) is 12.7. The van der Waals surface area contributed by atoms with Crippen molar-refractivity contribution in [2.75, 3.05) is 39.1 Å². The second-order valence-corrected chi connectivity index (χ2v) is 5.77. The molecule has 1 fully saturated rings. The average molecular weight is 261 g/mol. The summed E-state index contributed by atoms with van der Waals surface area (Å²) in [6.07, 6.45) is 2.60. The van der Waals surface area contributed by atoms with E-state index in [0.29, 0.717) is 12.1 Å². The number of nitrogens with one attached hydrogen (secondary N) is 1. The first kappa shape index (κ1) is 14.4. The quantitative estimate of drug-likeness (QED) is 0.898. The van der Waals surface area contributed by atoms with E-state index in [1.807, 2.05) is 7.05 Å². The molecule has 2 atom stereocenters. The van der Waals surface area contributed by atoms with E-state index in [1.54, 1.807) is 0 Å². The van der Waals surface area contributed by atoms with Crippen LogP contribution >= 0.6 is 0 Å². The molecule has 2 unspecified atom stereocenters. The molecule has 106 valence electrons. The van der Waals surface area contributed by atoms with Crippen molar-refractivity contribution in [1.82, 2.24) is 10.2 Å². The number of nitrogens with zero attached hydrogens (tertiary/aromatic N) is 2. The second-order valence-electron chi connectivity index (χ2n) is 5.77. The molecule has 0 saturated carbocycles. The summed E-state index contributed by atoms with van der Waals surface area (Å²) in [6.45, 7) is 4.55. The predicted molar refractivity (Wildman–Crippen MR) is 82.8 cm³/mol. The van der Waals surface area contributed by atoms with Gasteiger partial charge >= 0.3 is 0 Å². The van der Waals surface area contributed by atoms with Crippen molar-refractivity contribution in [3.05, 3.63) is 29.8 Å². The predicted octanol–water partition coefficient (Wildman–Crippen LogP) is 2.50. The monoisotopic (exact) mass is 261 g/mol. The normalized spacial score (nSPS) is 21.7. The Labute approximate surface area is 117 Å². The van der Waals surface area contributed by atoms with E-state index in [1.165, 1.54) is 30.6 Å². The number of para-hydroxylation sites is 1. The molecule has 0 amide bonds. The van der Waals surface area contributed by atoms with Crippen LogP contribution in [0.4, 0.5) is 5.69 Å². The van der Waals surface area contributed by atoms with Gasteiger partial charge < -0.3 is 15.1 Å². The highest BCUT2D eigenvalue weighted by Crippen LogP contribution is 2.29. The maximum Gasteiger partial charge on any atom is 0.0415 e. The number of piperidine rings is 1. The van der Waals surface area contributed by atoms with Crippen molar-refractivity contribution in [2.24, 2.45) is 0 Å². The van der Waals surface area contributed by atoms with Gasteiger partial charge in [-0.1, -0.05) is 18.2 Å². The molecule has 1 aromatic rings. The highest BCUT2D eigenvalue weighted by atomic mass is 15.2. The Balaban J connectivity index is 2.21. The van der Waals surface area contributed by atoms with Crippen LogP contribution in [0.25, 0.3) is 0 Å². The fourth-order valence-electron chi connectivity index (χ4n) is 2.89. The number of rotatable bonds is 4. The Bertz CT molecular complexity index is 403. The van der Waals surface area contributed by atoms with Gasteiger partial charge in [0.2, 0.25) is 0 Å². The summed E-state index contributed by atoms with van der Waals surface area (Å²) in [4.78, 5) is 4.91. The van der Waals surface area contributed by atoms with E-state index < -0.39 is 0 Å². The molecule has 1 aromatic carbocycles. The minimum absolute atomic E-state index is 0.399. The van der Waals surface area contributed by atoms with Gasteiger partial charge in [-0.05, 0) is 52.5 Å². The third-order valence-corrected chi connectivity index (χ3v) is 4.30. The van der Waals surface area contributed by atoms with Crippen molar-refractivity contribution in [2.45, 2.75) is 31.8 Å². The van der Waals surface area contributed by atoms with Crippen molar-refractivity contribution in [3.8, 4) is 0 Å². The molecule has 2 rings (SSSR count). The van der Waals surface area contributed by atoms with Crippen LogP contribution in [0.3, 0.4) is 0 Å². The molecule has 1 saturated heterocycles. The van der Waals surface area contributed by atoms with Gasteiger partial charge in [0.15, 0.2) is 0 Å². The maximum absolute atomic E-state index is 3.36. The third kappa shape index (κ3) is 3.28. The highest BCUT2D eigenvalue weighted by Gasteiger charge is 2.23. The summed E-state index contributed by atoms with van der Waals surface area (Å²) in [6, 6.07) is 9.87. The van der Waals surface area contributed by atoms with Gasteiger partial charge in [-0.25, -0.2) is 0 Å². The summed E-state index contributed by atoms with van der Waals surface area (Å²) >= 11 is 0. The summed E-state index contributed by atoms with van der Waals surface area (Å²) in [7, 11) is 6.41. The molecule has 3 heteroatoms. The van der Waals surface area contributed by atoms with Gasteiger partial charge in [0.1, 0.15) is 0 Å². The van der Waals surface area contributed by atoms with Gasteiger partial charge in [0.05, 0.1) is 0 Å². The van der Waals surface area contributed by atoms with Crippen LogP contribution in [0.15, 0.2) is 24.3 Å². The second kappa shape index (κ2) is 6.40. The molecular weight excluding hydrogens is 234 g/mol. The first-order chi connectivity index (χ1) is 9.13. The minimum Gasteiger partial charge on any atom is -0.370 e. The third-order valence-electron chi connectivity index (χ3n) is 4.30. The lowest BCUT2D eigenvalue weighted by atomic mass is 10.0. The highest BCUT2D eigenvalue weighted by molar-refractivity contribution is 5.55. The minimum atomic E-state index is 0.399. The van der Waals surface area contributed by atoms with Crippen LogP contribution < -0.4 is 10.2 Å². The van der Waals surface area contributed by atoms with Crippen molar-refractivity contribution in [1.29, 1.82) is 0 Å². The summed E-state index contributed by atoms with van der Waals surface area (Å²) < 4.78 is 0. The largest absolute Gasteiger partial charge is 0.370 e. The molecule has 0 spiro atoms. The van der Waals surface area contributed by atoms with Crippen LogP contribution in [-0.2, 0) is 0 Å². The van der Waals surface area contributed by atoms with Crippen molar-refractivity contribution < 1.29 is 0 Å². The summed E-state index contributed by atoms with van der Waals surface area (Å²) in [5.74, 6) is 0. The number of hydrogen-bond donors (Lipinski definition) is 1. The number of likely N-dealkylation sites (N-methyl/N-ethyl adjacent to an activating group) is 1. The zero-order valence-electron chi connectivity index (χ0n) is 12.7. The molecule has 19 heavy (non-hydrogen) atoms. The summed E-state index contributed by atoms with van der Waals surface area (Å²) in [5.41, 5.74) is 2.81. The fourth-order valence-corrected chi connectivity index (χ4v) is 2.89. The Morgan fingerprint density at radius 3 is 2.74 bits per heavy atom. The smallest absolute Gasteiger partial charge is 0.0415 e. The van der Waals surface area contributed by atoms with Gasteiger partial charge in [0, 0.05) is 30.9 Å². The molecule has 0 aliphatic carbocycles. The average Bonchev–Trinajstić information content (AvgIpc) is 2.46. The molecule has 0 radical (unpaired) electrons. The fraction of sp³-hybridized carbons (Fsp3) is 0.625. The number of hydrogen-bond acceptors (Lipinski definition) is 3. The van der Waals surface area contributed by atoms with Crippen molar-refractivity contribution >= 4 is 5.69 Å². The summed E-state index contributed by atoms with van der Waals surface area (Å²) in [5, 5.41) is 3.36. The van der Waals surface area contributed by atoms with Crippen molar-refractivity contribution in [3.63, 3.8) is 0 Å². The first-order valence-electron chi connectivity index (χ1n) is 7.31. The molecule has 1 aliphatic heterocycles. The standard InChI is InChI=1S/C16H27N3/c1-13(17-2)15-9-5-6-10-16(15)19-11-7-8-14(12-19)18(3)4/h5-6,9-10,13-14,17H,7-8,11-12H2,1-4H3. The van der Waals surface area contributed by atoms with Gasteiger partial charge in [0.25, 0.3) is 0 Å². The Morgan fingerprint density at radius 1 is 1.32 bits per heavy atom. The lowest BCUT2D eigenvalue weighted by Crippen LogP contribution is -2.45. The number of anilines is 1. The Kier molecular flexibility index (Phi) is 4.83. The topological polar surface area (TPSA) is 18.5 Å². The lowest BCUT2D eigenvalue weighted by Gasteiger charge is -2.38. The van der Waals surface area contributed by atoms with Crippen LogP contribution in [0.2, 0.25) is 0 Å². The molecule has 0 aromatic heterocycles. The van der Waals surface area contributed by atoms with Crippen LogP contribution in [-0.4, -0.2) is 45.2 Å². The Morgan fingerprint density at radius 2 is 2.05 bits per heavy atom. The maximum atomic E-state index is 3.36. The molecule has 3 nitrogen and oxygen atoms in total. The van der Waals surface area contributed by atoms with Gasteiger partial charge in [-0.3, -0.25) is 0 Å². The van der Waals surface area contributed by atoms with Crippen LogP contribution in [0, 0.1) is 0 Å². The molecule has 1 heterocycles. The molecule has 1 aliphatic rings. The van der Waals surface area contributed by atoms with E-state index in [4.69, 9.17) is 0 Å². The lowest BCUT2D eigenvalue weighted by molar-refractivity contribution is 0.258.